The number of hydrogen-bond donors (Lipinski definition) is 2. The monoisotopic (exact) mass is 282 g/mol. The Hall–Kier alpha value is -2.16. The molecule has 1 unspecified atom stereocenters. The number of nitrogens with one attached hydrogen (secondary N) is 1. The van der Waals surface area contributed by atoms with Gasteiger partial charge < -0.3 is 15.4 Å². The fourth-order valence-corrected chi connectivity index (χ4v) is 1.96. The molecule has 0 bridgehead atoms. The van der Waals surface area contributed by atoms with Gasteiger partial charge in [-0.3, -0.25) is 10.1 Å². The zero-order chi connectivity index (χ0) is 14.5. The fourth-order valence-electron chi connectivity index (χ4n) is 1.96. The largest absolute Gasteiger partial charge is 0.450 e. The molecule has 2 amide bonds. The molecule has 1 aromatic heterocycles. The summed E-state index contributed by atoms with van der Waals surface area (Å²) in [5, 5.41) is 9.93. The van der Waals surface area contributed by atoms with Crippen LogP contribution in [0.25, 0.3) is 0 Å². The first-order valence-corrected chi connectivity index (χ1v) is 6.45. The summed E-state index contributed by atoms with van der Waals surface area (Å²) in [5.74, 6) is 0.180. The number of aromatic nitrogens is 3. The van der Waals surface area contributed by atoms with Crippen LogP contribution in [-0.4, -0.2) is 57.6 Å². The molecule has 110 valence electrons. The summed E-state index contributed by atoms with van der Waals surface area (Å²) in [5.41, 5.74) is 5.75. The lowest BCUT2D eigenvalue weighted by Crippen LogP contribution is -2.34. The van der Waals surface area contributed by atoms with Crippen LogP contribution in [0.2, 0.25) is 0 Å². The number of nitrogens with zero attached hydrogens (tertiary/aromatic N) is 4. The second-order valence-electron chi connectivity index (χ2n) is 4.54. The summed E-state index contributed by atoms with van der Waals surface area (Å²) in [6.45, 7) is 3.29. The third-order valence-electron chi connectivity index (χ3n) is 2.92. The topological polar surface area (TPSA) is 115 Å². The molecule has 2 heterocycles. The van der Waals surface area contributed by atoms with Crippen molar-refractivity contribution in [3.63, 3.8) is 0 Å². The third kappa shape index (κ3) is 3.67. The van der Waals surface area contributed by atoms with E-state index in [2.05, 4.69) is 15.6 Å². The van der Waals surface area contributed by atoms with Crippen LogP contribution in [0.4, 0.5) is 10.6 Å². The minimum Gasteiger partial charge on any atom is -0.450 e. The smallest absolute Gasteiger partial charge is 0.412 e. The summed E-state index contributed by atoms with van der Waals surface area (Å²) in [4.78, 5) is 24.9. The molecule has 9 heteroatoms. The molecule has 1 aromatic rings. The lowest BCUT2D eigenvalue weighted by atomic mass is 10.3. The highest BCUT2D eigenvalue weighted by Gasteiger charge is 2.23. The first kappa shape index (κ1) is 14.3. The number of likely N-dealkylation sites (tertiary alicyclic amines) is 1. The molecule has 20 heavy (non-hydrogen) atoms. The summed E-state index contributed by atoms with van der Waals surface area (Å²) in [6, 6.07) is 0.0516. The molecule has 0 aromatic carbocycles. The highest BCUT2D eigenvalue weighted by Crippen LogP contribution is 2.08. The van der Waals surface area contributed by atoms with Crippen LogP contribution in [0, 0.1) is 0 Å². The number of rotatable bonds is 4. The molecular weight excluding hydrogens is 264 g/mol. The molecule has 1 aliphatic rings. The van der Waals surface area contributed by atoms with Gasteiger partial charge in [0.2, 0.25) is 5.91 Å². The quantitative estimate of drug-likeness (QED) is 0.762. The van der Waals surface area contributed by atoms with E-state index < -0.39 is 6.09 Å². The maximum absolute atomic E-state index is 12.0. The Kier molecular flexibility index (Phi) is 4.51. The van der Waals surface area contributed by atoms with Gasteiger partial charge in [0.1, 0.15) is 6.54 Å². The van der Waals surface area contributed by atoms with Gasteiger partial charge in [-0.15, -0.1) is 5.10 Å². The van der Waals surface area contributed by atoms with Crippen molar-refractivity contribution in [2.24, 2.45) is 5.73 Å². The standard InChI is InChI=1S/C11H18N6O3/c1-2-20-11(19)13-9-6-17(15-14-9)7-10(18)16-4-3-8(12)5-16/h6,8H,2-5,7,12H2,1H3,(H,13,19). The van der Waals surface area contributed by atoms with E-state index in [1.54, 1.807) is 11.8 Å². The number of anilines is 1. The Morgan fingerprint density at radius 2 is 2.40 bits per heavy atom. The highest BCUT2D eigenvalue weighted by molar-refractivity contribution is 5.83. The molecule has 1 aliphatic heterocycles. The van der Waals surface area contributed by atoms with Gasteiger partial charge in [-0.2, -0.15) is 0 Å². The van der Waals surface area contributed by atoms with Crippen molar-refractivity contribution in [1.29, 1.82) is 0 Å². The van der Waals surface area contributed by atoms with Crippen LogP contribution in [0.15, 0.2) is 6.20 Å². The van der Waals surface area contributed by atoms with Crippen molar-refractivity contribution < 1.29 is 14.3 Å². The summed E-state index contributed by atoms with van der Waals surface area (Å²) in [6.07, 6.45) is 1.69. The lowest BCUT2D eigenvalue weighted by molar-refractivity contribution is -0.131. The van der Waals surface area contributed by atoms with Crippen LogP contribution in [0.1, 0.15) is 13.3 Å². The molecule has 9 nitrogen and oxygen atoms in total. The summed E-state index contributed by atoms with van der Waals surface area (Å²) in [7, 11) is 0. The molecule has 0 spiro atoms. The number of ether oxygens (including phenoxy) is 1. The van der Waals surface area contributed by atoms with E-state index in [4.69, 9.17) is 10.5 Å². The minimum atomic E-state index is -0.601. The van der Waals surface area contributed by atoms with Gasteiger partial charge >= 0.3 is 6.09 Å². The maximum atomic E-state index is 12.0. The van der Waals surface area contributed by atoms with E-state index in [-0.39, 0.29) is 30.9 Å². The van der Waals surface area contributed by atoms with Crippen molar-refractivity contribution in [1.82, 2.24) is 19.9 Å². The molecule has 1 atom stereocenters. The highest BCUT2D eigenvalue weighted by atomic mass is 16.5. The van der Waals surface area contributed by atoms with Gasteiger partial charge in [0.25, 0.3) is 0 Å². The van der Waals surface area contributed by atoms with Crippen molar-refractivity contribution in [3.05, 3.63) is 6.20 Å². The normalized spacial score (nSPS) is 18.1. The number of nitrogens with two attached hydrogens (primary N) is 1. The predicted octanol–water partition coefficient (Wildman–Crippen LogP) is -0.594. The van der Waals surface area contributed by atoms with Crippen molar-refractivity contribution >= 4 is 17.8 Å². The van der Waals surface area contributed by atoms with E-state index in [0.717, 1.165) is 6.42 Å². The van der Waals surface area contributed by atoms with E-state index >= 15 is 0 Å². The Balaban J connectivity index is 1.86. The zero-order valence-electron chi connectivity index (χ0n) is 11.3. The molecule has 0 aliphatic carbocycles. The van der Waals surface area contributed by atoms with E-state index in [1.807, 2.05) is 0 Å². The number of amides is 2. The Bertz CT molecular complexity index is 488. The van der Waals surface area contributed by atoms with E-state index in [0.29, 0.717) is 13.1 Å². The summed E-state index contributed by atoms with van der Waals surface area (Å²) < 4.78 is 6.08. The molecular formula is C11H18N6O3. The van der Waals surface area contributed by atoms with Gasteiger partial charge in [-0.25, -0.2) is 9.48 Å². The lowest BCUT2D eigenvalue weighted by Gasteiger charge is -2.15. The van der Waals surface area contributed by atoms with E-state index in [9.17, 15) is 9.59 Å². The van der Waals surface area contributed by atoms with Gasteiger partial charge in [0, 0.05) is 19.1 Å². The predicted molar refractivity (Wildman–Crippen MR) is 69.8 cm³/mol. The fraction of sp³-hybridized carbons (Fsp3) is 0.636. The van der Waals surface area contributed by atoms with Crippen molar-refractivity contribution in [2.45, 2.75) is 25.9 Å². The van der Waals surface area contributed by atoms with Crippen molar-refractivity contribution in [3.8, 4) is 0 Å². The zero-order valence-corrected chi connectivity index (χ0v) is 11.3. The van der Waals surface area contributed by atoms with Crippen LogP contribution in [0.3, 0.4) is 0 Å². The minimum absolute atomic E-state index is 0.0516. The maximum Gasteiger partial charge on any atom is 0.412 e. The number of carbonyl (C=O) groups is 2. The number of hydrogen-bond acceptors (Lipinski definition) is 6. The van der Waals surface area contributed by atoms with Gasteiger partial charge in [0.05, 0.1) is 12.8 Å². The van der Waals surface area contributed by atoms with Gasteiger partial charge in [-0.05, 0) is 13.3 Å². The van der Waals surface area contributed by atoms with Crippen LogP contribution >= 0.6 is 0 Å². The molecule has 1 saturated heterocycles. The second kappa shape index (κ2) is 6.33. The summed E-state index contributed by atoms with van der Waals surface area (Å²) >= 11 is 0. The molecule has 1 fully saturated rings. The average Bonchev–Trinajstić information content (AvgIpc) is 2.99. The van der Waals surface area contributed by atoms with Gasteiger partial charge in [0.15, 0.2) is 5.82 Å². The Morgan fingerprint density at radius 1 is 1.60 bits per heavy atom. The molecule has 3 N–H and O–H groups in total. The number of carbonyl (C=O) groups excluding carboxylic acids is 2. The third-order valence-corrected chi connectivity index (χ3v) is 2.92. The Morgan fingerprint density at radius 3 is 3.05 bits per heavy atom. The average molecular weight is 282 g/mol. The molecule has 0 radical (unpaired) electrons. The Labute approximate surface area is 116 Å². The first-order valence-electron chi connectivity index (χ1n) is 6.45. The molecule has 0 saturated carbocycles. The van der Waals surface area contributed by atoms with Crippen LogP contribution < -0.4 is 11.1 Å². The first-order chi connectivity index (χ1) is 9.58. The van der Waals surface area contributed by atoms with Crippen LogP contribution in [0.5, 0.6) is 0 Å². The van der Waals surface area contributed by atoms with Crippen molar-refractivity contribution in [2.75, 3.05) is 25.0 Å². The SMILES string of the molecule is CCOC(=O)Nc1cn(CC(=O)N2CCC(N)C2)nn1. The van der Waals surface area contributed by atoms with Gasteiger partial charge in [-0.1, -0.05) is 5.21 Å². The van der Waals surface area contributed by atoms with E-state index in [1.165, 1.54) is 10.9 Å². The van der Waals surface area contributed by atoms with Crippen LogP contribution in [-0.2, 0) is 16.1 Å². The second-order valence-corrected chi connectivity index (χ2v) is 4.54. The molecule has 2 rings (SSSR count).